The molecule has 3 aromatic rings. The minimum absolute atomic E-state index is 0.0260. The molecule has 1 unspecified atom stereocenters. The average molecular weight is 470 g/mol. The summed E-state index contributed by atoms with van der Waals surface area (Å²) in [6.45, 7) is 7.81. The third-order valence-electron chi connectivity index (χ3n) is 6.02. The lowest BCUT2D eigenvalue weighted by atomic mass is 9.92. The maximum absolute atomic E-state index is 13.5. The number of hydrogen-bond donors (Lipinski definition) is 1. The fourth-order valence-electron chi connectivity index (χ4n) is 4.63. The molecule has 180 valence electrons. The number of carbonyl (C=O) groups excluding carboxylic acids is 2. The molecule has 5 heteroatoms. The van der Waals surface area contributed by atoms with Crippen LogP contribution in [0.25, 0.3) is 0 Å². The molecule has 1 atom stereocenters. The number of rotatable bonds is 8. The SMILES string of the molecule is Cc1cc(C)cc(N2C(=O)C(O)=C(C(=O)CCc3ccccc3)C2c2cccc(OC(C)C)c2)c1. The number of aliphatic hydroxyl groups is 1. The van der Waals surface area contributed by atoms with Crippen molar-refractivity contribution in [3.63, 3.8) is 0 Å². The van der Waals surface area contributed by atoms with Gasteiger partial charge in [-0.2, -0.15) is 0 Å². The molecule has 4 rings (SSSR count). The van der Waals surface area contributed by atoms with Gasteiger partial charge in [0.25, 0.3) is 5.91 Å². The number of hydrogen-bond acceptors (Lipinski definition) is 4. The number of ether oxygens (including phenoxy) is 1. The van der Waals surface area contributed by atoms with Crippen molar-refractivity contribution in [2.75, 3.05) is 4.90 Å². The Morgan fingerprint density at radius 2 is 1.66 bits per heavy atom. The van der Waals surface area contributed by atoms with Gasteiger partial charge < -0.3 is 9.84 Å². The Morgan fingerprint density at radius 3 is 2.31 bits per heavy atom. The molecule has 1 aliphatic rings. The molecule has 1 amide bonds. The van der Waals surface area contributed by atoms with E-state index in [2.05, 4.69) is 0 Å². The van der Waals surface area contributed by atoms with Gasteiger partial charge in [-0.15, -0.1) is 0 Å². The van der Waals surface area contributed by atoms with Crippen molar-refractivity contribution in [1.82, 2.24) is 0 Å². The molecule has 0 spiro atoms. The molecule has 0 aliphatic carbocycles. The lowest BCUT2D eigenvalue weighted by Gasteiger charge is -2.28. The van der Waals surface area contributed by atoms with Crippen molar-refractivity contribution in [3.05, 3.63) is 106 Å². The van der Waals surface area contributed by atoms with E-state index in [4.69, 9.17) is 4.74 Å². The van der Waals surface area contributed by atoms with Gasteiger partial charge in [0.15, 0.2) is 11.5 Å². The molecule has 1 N–H and O–H groups in total. The first-order valence-electron chi connectivity index (χ1n) is 11.9. The summed E-state index contributed by atoms with van der Waals surface area (Å²) in [5.74, 6) is -0.653. The van der Waals surface area contributed by atoms with E-state index in [1.54, 1.807) is 0 Å². The van der Waals surface area contributed by atoms with Crippen molar-refractivity contribution < 1.29 is 19.4 Å². The summed E-state index contributed by atoms with van der Waals surface area (Å²) in [5.41, 5.74) is 4.50. The second-order valence-electron chi connectivity index (χ2n) is 9.33. The van der Waals surface area contributed by atoms with Gasteiger partial charge in [0.05, 0.1) is 17.7 Å². The topological polar surface area (TPSA) is 66.8 Å². The number of benzene rings is 3. The maximum Gasteiger partial charge on any atom is 0.294 e. The summed E-state index contributed by atoms with van der Waals surface area (Å²) >= 11 is 0. The zero-order valence-electron chi connectivity index (χ0n) is 20.6. The first kappa shape index (κ1) is 24.3. The quantitative estimate of drug-likeness (QED) is 0.427. The van der Waals surface area contributed by atoms with Crippen molar-refractivity contribution in [2.45, 2.75) is 52.7 Å². The number of amides is 1. The van der Waals surface area contributed by atoms with Gasteiger partial charge in [-0.1, -0.05) is 48.5 Å². The fourth-order valence-corrected chi connectivity index (χ4v) is 4.63. The molecule has 1 heterocycles. The molecule has 1 aliphatic heterocycles. The Kier molecular flexibility index (Phi) is 7.06. The highest BCUT2D eigenvalue weighted by Gasteiger charge is 2.44. The van der Waals surface area contributed by atoms with Crippen LogP contribution in [0.4, 0.5) is 5.69 Å². The molecular formula is C30H31NO4. The van der Waals surface area contributed by atoms with Gasteiger partial charge >= 0.3 is 0 Å². The molecule has 0 radical (unpaired) electrons. The van der Waals surface area contributed by atoms with E-state index in [0.29, 0.717) is 23.4 Å². The summed E-state index contributed by atoms with van der Waals surface area (Å²) in [6, 6.07) is 22.2. The summed E-state index contributed by atoms with van der Waals surface area (Å²) in [6.07, 6.45) is 0.690. The Balaban J connectivity index is 1.77. The minimum atomic E-state index is -0.748. The van der Waals surface area contributed by atoms with E-state index in [1.807, 2.05) is 100 Å². The third kappa shape index (κ3) is 5.29. The highest BCUT2D eigenvalue weighted by molar-refractivity contribution is 6.16. The van der Waals surface area contributed by atoms with E-state index in [9.17, 15) is 14.7 Å². The Morgan fingerprint density at radius 1 is 0.971 bits per heavy atom. The monoisotopic (exact) mass is 469 g/mol. The standard InChI is InChI=1S/C30H31NO4/c1-19(2)35-25-12-8-11-23(18-25)28-27(26(32)14-13-22-9-6-5-7-10-22)29(33)30(34)31(28)24-16-20(3)15-21(4)17-24/h5-12,15-19,28,33H,13-14H2,1-4H3. The van der Waals surface area contributed by atoms with E-state index in [1.165, 1.54) is 4.90 Å². The van der Waals surface area contributed by atoms with Crippen LogP contribution in [0.5, 0.6) is 5.75 Å². The van der Waals surface area contributed by atoms with Crippen LogP contribution in [0.2, 0.25) is 0 Å². The van der Waals surface area contributed by atoms with Crippen LogP contribution in [0.3, 0.4) is 0 Å². The van der Waals surface area contributed by atoms with Crippen LogP contribution < -0.4 is 9.64 Å². The lowest BCUT2D eigenvalue weighted by molar-refractivity contribution is -0.118. The van der Waals surface area contributed by atoms with Crippen LogP contribution in [0.1, 0.15) is 48.6 Å². The van der Waals surface area contributed by atoms with Crippen LogP contribution in [0, 0.1) is 13.8 Å². The van der Waals surface area contributed by atoms with Crippen molar-refractivity contribution >= 4 is 17.4 Å². The fraction of sp³-hybridized carbons (Fsp3) is 0.267. The van der Waals surface area contributed by atoms with Crippen molar-refractivity contribution in [1.29, 1.82) is 0 Å². The van der Waals surface area contributed by atoms with Crippen LogP contribution in [-0.4, -0.2) is 22.9 Å². The smallest absolute Gasteiger partial charge is 0.294 e. The lowest BCUT2D eigenvalue weighted by Crippen LogP contribution is -2.31. The largest absolute Gasteiger partial charge is 0.503 e. The number of anilines is 1. The Bertz CT molecular complexity index is 1260. The average Bonchev–Trinajstić information content (AvgIpc) is 3.08. The number of nitrogens with zero attached hydrogens (tertiary/aromatic N) is 1. The van der Waals surface area contributed by atoms with Gasteiger partial charge in [-0.25, -0.2) is 0 Å². The van der Waals surface area contributed by atoms with Gasteiger partial charge in [0.2, 0.25) is 0 Å². The summed E-state index contributed by atoms with van der Waals surface area (Å²) in [5, 5.41) is 11.0. The number of aryl methyl sites for hydroxylation is 3. The summed E-state index contributed by atoms with van der Waals surface area (Å²) in [4.78, 5) is 28.4. The first-order chi connectivity index (χ1) is 16.7. The van der Waals surface area contributed by atoms with Crippen molar-refractivity contribution in [3.8, 4) is 5.75 Å². The number of carbonyl (C=O) groups is 2. The number of aliphatic hydroxyl groups excluding tert-OH is 1. The third-order valence-corrected chi connectivity index (χ3v) is 6.02. The van der Waals surface area contributed by atoms with E-state index in [0.717, 1.165) is 16.7 Å². The van der Waals surface area contributed by atoms with Gasteiger partial charge in [0, 0.05) is 12.1 Å². The second-order valence-corrected chi connectivity index (χ2v) is 9.33. The second kappa shape index (κ2) is 10.2. The highest BCUT2D eigenvalue weighted by atomic mass is 16.5. The molecule has 0 saturated heterocycles. The molecular weight excluding hydrogens is 438 g/mol. The van der Waals surface area contributed by atoms with Gasteiger partial charge in [-0.05, 0) is 80.6 Å². The van der Waals surface area contributed by atoms with Gasteiger partial charge in [-0.3, -0.25) is 14.5 Å². The maximum atomic E-state index is 13.5. The molecule has 3 aromatic carbocycles. The number of ketones is 1. The summed E-state index contributed by atoms with van der Waals surface area (Å²) in [7, 11) is 0. The molecule has 0 fully saturated rings. The van der Waals surface area contributed by atoms with Crippen molar-refractivity contribution in [2.24, 2.45) is 0 Å². The van der Waals surface area contributed by atoms with Crippen LogP contribution in [0.15, 0.2) is 84.1 Å². The molecule has 0 aromatic heterocycles. The van der Waals surface area contributed by atoms with Crippen LogP contribution in [-0.2, 0) is 16.0 Å². The zero-order chi connectivity index (χ0) is 25.1. The zero-order valence-corrected chi connectivity index (χ0v) is 20.6. The molecule has 5 nitrogen and oxygen atoms in total. The van der Waals surface area contributed by atoms with E-state index < -0.39 is 17.7 Å². The van der Waals surface area contributed by atoms with E-state index >= 15 is 0 Å². The summed E-state index contributed by atoms with van der Waals surface area (Å²) < 4.78 is 5.88. The molecule has 0 saturated carbocycles. The molecule has 0 bridgehead atoms. The Labute approximate surface area is 206 Å². The van der Waals surface area contributed by atoms with Crippen LogP contribution >= 0.6 is 0 Å². The van der Waals surface area contributed by atoms with Gasteiger partial charge in [0.1, 0.15) is 5.75 Å². The Hall–Kier alpha value is -3.86. The normalized spacial score (nSPS) is 15.7. The van der Waals surface area contributed by atoms with E-state index in [-0.39, 0.29) is 23.9 Å². The minimum Gasteiger partial charge on any atom is -0.503 e. The number of Topliss-reactive ketones (excluding diaryl/α,β-unsaturated/α-hetero) is 1. The predicted molar refractivity (Wildman–Crippen MR) is 138 cm³/mol. The highest BCUT2D eigenvalue weighted by Crippen LogP contribution is 2.42. The first-order valence-corrected chi connectivity index (χ1v) is 11.9. The molecule has 35 heavy (non-hydrogen) atoms. The predicted octanol–water partition coefficient (Wildman–Crippen LogP) is 6.19.